The van der Waals surface area contributed by atoms with E-state index in [4.69, 9.17) is 4.74 Å². The number of hydrogen-bond donors (Lipinski definition) is 3. The van der Waals surface area contributed by atoms with E-state index in [-0.39, 0.29) is 30.0 Å². The molecule has 5 atom stereocenters. The first-order valence-corrected chi connectivity index (χ1v) is 10.4. The highest BCUT2D eigenvalue weighted by atomic mass is 32.2. The topological polar surface area (TPSA) is 124 Å². The number of carbonyl (C=O) groups excluding carboxylic acids is 3. The predicted octanol–water partition coefficient (Wildman–Crippen LogP) is -0.0120. The van der Waals surface area contributed by atoms with E-state index < -0.39 is 24.0 Å². The second-order valence-corrected chi connectivity index (χ2v) is 8.19. The fourth-order valence-electron chi connectivity index (χ4n) is 3.88. The summed E-state index contributed by atoms with van der Waals surface area (Å²) in [5, 5.41) is 17.4. The molecule has 0 aromatic carbocycles. The first-order chi connectivity index (χ1) is 13.0. The fraction of sp³-hybridized carbons (Fsp3) is 0.765. The van der Waals surface area contributed by atoms with E-state index in [2.05, 4.69) is 26.9 Å². The van der Waals surface area contributed by atoms with Gasteiger partial charge in [0.25, 0.3) is 0 Å². The van der Waals surface area contributed by atoms with Crippen molar-refractivity contribution in [2.75, 3.05) is 25.4 Å². The van der Waals surface area contributed by atoms with Crippen LogP contribution in [0, 0.1) is 23.2 Å². The lowest BCUT2D eigenvalue weighted by atomic mass is 9.97. The van der Waals surface area contributed by atoms with Gasteiger partial charge >= 0.3 is 6.09 Å². The Labute approximate surface area is 162 Å². The summed E-state index contributed by atoms with van der Waals surface area (Å²) < 4.78 is 4.74. The van der Waals surface area contributed by atoms with Gasteiger partial charge in [0, 0.05) is 6.54 Å². The highest BCUT2D eigenvalue weighted by Gasteiger charge is 2.43. The van der Waals surface area contributed by atoms with E-state index in [0.717, 1.165) is 25.1 Å². The van der Waals surface area contributed by atoms with Gasteiger partial charge in [0.05, 0.1) is 36.1 Å². The molecule has 0 spiro atoms. The number of nitriles is 1. The molecule has 9 nitrogen and oxygen atoms in total. The minimum atomic E-state index is -0.763. The molecular weight excluding hydrogens is 370 g/mol. The van der Waals surface area contributed by atoms with Gasteiger partial charge in [-0.15, -0.1) is 11.8 Å². The molecular formula is C17H25N5O4S. The number of carbonyl (C=O) groups is 3. The van der Waals surface area contributed by atoms with Crippen LogP contribution in [0.2, 0.25) is 0 Å². The van der Waals surface area contributed by atoms with Crippen LogP contribution in [0.1, 0.15) is 26.2 Å². The molecule has 5 unspecified atom stereocenters. The minimum absolute atomic E-state index is 0.0846. The highest BCUT2D eigenvalue weighted by molar-refractivity contribution is 8.00. The molecule has 0 saturated carbocycles. The van der Waals surface area contributed by atoms with Crippen molar-refractivity contribution in [3.05, 3.63) is 0 Å². The average Bonchev–Trinajstić information content (AvgIpc) is 3.28. The molecule has 27 heavy (non-hydrogen) atoms. The first-order valence-electron chi connectivity index (χ1n) is 9.32. The molecule has 3 amide bonds. The van der Waals surface area contributed by atoms with Crippen LogP contribution in [0.25, 0.3) is 0 Å². The molecule has 3 N–H and O–H groups in total. The second-order valence-electron chi connectivity index (χ2n) is 6.94. The zero-order valence-corrected chi connectivity index (χ0v) is 16.1. The minimum Gasteiger partial charge on any atom is -0.450 e. The molecule has 0 bridgehead atoms. The third kappa shape index (κ3) is 4.54. The van der Waals surface area contributed by atoms with Gasteiger partial charge in [0.2, 0.25) is 11.8 Å². The van der Waals surface area contributed by atoms with Crippen LogP contribution in [-0.4, -0.2) is 65.8 Å². The molecule has 0 aliphatic carbocycles. The Morgan fingerprint density at radius 1 is 1.33 bits per heavy atom. The average molecular weight is 395 g/mol. The maximum Gasteiger partial charge on any atom is 0.413 e. The highest BCUT2D eigenvalue weighted by Crippen LogP contribution is 2.31. The van der Waals surface area contributed by atoms with Gasteiger partial charge in [-0.3, -0.25) is 25.1 Å². The monoisotopic (exact) mass is 395 g/mol. The van der Waals surface area contributed by atoms with Gasteiger partial charge < -0.3 is 10.1 Å². The van der Waals surface area contributed by atoms with Crippen molar-refractivity contribution < 1.29 is 19.1 Å². The molecule has 3 fully saturated rings. The number of piperidine rings is 1. The lowest BCUT2D eigenvalue weighted by molar-refractivity contribution is -0.126. The van der Waals surface area contributed by atoms with E-state index in [0.29, 0.717) is 13.0 Å². The molecule has 0 aromatic rings. The molecule has 3 heterocycles. The standard InChI is InChI=1S/C17H25N5O4S/c1-2-26-17(25)21-14(23)11-5-7-27-16(11)20-15(24)12-9-22-6-3-4-10(8-18)13(22)19-12/h10-13,16,19H,2-7,9H2,1H3,(H,20,24)(H,21,23,25). The van der Waals surface area contributed by atoms with Crippen molar-refractivity contribution in [2.24, 2.45) is 11.8 Å². The smallest absolute Gasteiger partial charge is 0.413 e. The van der Waals surface area contributed by atoms with Crippen LogP contribution < -0.4 is 16.0 Å². The Kier molecular flexibility index (Phi) is 6.57. The number of amides is 3. The zero-order valence-electron chi connectivity index (χ0n) is 15.3. The maximum atomic E-state index is 12.7. The molecule has 10 heteroatoms. The summed E-state index contributed by atoms with van der Waals surface area (Å²) in [4.78, 5) is 38.6. The van der Waals surface area contributed by atoms with Crippen LogP contribution in [0.4, 0.5) is 4.79 Å². The van der Waals surface area contributed by atoms with Crippen molar-refractivity contribution in [2.45, 2.75) is 43.8 Å². The quantitative estimate of drug-likeness (QED) is 0.607. The van der Waals surface area contributed by atoms with Crippen molar-refractivity contribution in [1.82, 2.24) is 20.9 Å². The largest absolute Gasteiger partial charge is 0.450 e. The Bertz CT molecular complexity index is 639. The molecule has 3 aliphatic rings. The van der Waals surface area contributed by atoms with E-state index in [1.54, 1.807) is 6.92 Å². The number of imide groups is 1. The Morgan fingerprint density at radius 2 is 2.15 bits per heavy atom. The van der Waals surface area contributed by atoms with Gasteiger partial charge in [-0.1, -0.05) is 0 Å². The summed E-state index contributed by atoms with van der Waals surface area (Å²) in [5.74, 6) is -0.450. The number of alkyl carbamates (subject to hydrolysis) is 1. The first kappa shape index (κ1) is 19.9. The van der Waals surface area contributed by atoms with Crippen molar-refractivity contribution in [3.8, 4) is 6.07 Å². The van der Waals surface area contributed by atoms with Crippen LogP contribution in [0.15, 0.2) is 0 Å². The van der Waals surface area contributed by atoms with E-state index in [9.17, 15) is 19.6 Å². The van der Waals surface area contributed by atoms with Crippen LogP contribution in [-0.2, 0) is 14.3 Å². The maximum absolute atomic E-state index is 12.7. The number of nitrogens with one attached hydrogen (secondary N) is 3. The molecule has 3 saturated heterocycles. The van der Waals surface area contributed by atoms with Gasteiger partial charge in [0.1, 0.15) is 6.04 Å². The van der Waals surface area contributed by atoms with Crippen LogP contribution >= 0.6 is 11.8 Å². The summed E-state index contributed by atoms with van der Waals surface area (Å²) in [7, 11) is 0. The Morgan fingerprint density at radius 3 is 2.89 bits per heavy atom. The normalized spacial score (nSPS) is 33.0. The predicted molar refractivity (Wildman–Crippen MR) is 98.3 cm³/mol. The fourth-order valence-corrected chi connectivity index (χ4v) is 5.22. The summed E-state index contributed by atoms with van der Waals surface area (Å²) >= 11 is 1.50. The van der Waals surface area contributed by atoms with E-state index in [1.165, 1.54) is 11.8 Å². The number of nitrogens with zero attached hydrogens (tertiary/aromatic N) is 2. The van der Waals surface area contributed by atoms with E-state index >= 15 is 0 Å². The third-order valence-electron chi connectivity index (χ3n) is 5.22. The number of fused-ring (bicyclic) bond motifs is 1. The lowest BCUT2D eigenvalue weighted by Gasteiger charge is -2.32. The molecule has 3 rings (SSSR count). The summed E-state index contributed by atoms with van der Waals surface area (Å²) in [6.45, 7) is 3.29. The van der Waals surface area contributed by atoms with Crippen molar-refractivity contribution >= 4 is 29.7 Å². The Hall–Kier alpha value is -1.83. The summed E-state index contributed by atoms with van der Waals surface area (Å²) in [5.41, 5.74) is 0. The lowest BCUT2D eigenvalue weighted by Crippen LogP contribution is -2.51. The number of ether oxygens (including phenoxy) is 1. The number of hydrogen-bond acceptors (Lipinski definition) is 8. The van der Waals surface area contributed by atoms with Gasteiger partial charge in [-0.05, 0) is 38.5 Å². The number of rotatable bonds is 4. The van der Waals surface area contributed by atoms with Crippen molar-refractivity contribution in [3.63, 3.8) is 0 Å². The van der Waals surface area contributed by atoms with Gasteiger partial charge in [-0.2, -0.15) is 5.26 Å². The SMILES string of the molecule is CCOC(=O)NC(=O)C1CCSC1NC(=O)C1CN2CCCC(C#N)C2N1. The van der Waals surface area contributed by atoms with Crippen molar-refractivity contribution in [1.29, 1.82) is 5.26 Å². The zero-order chi connectivity index (χ0) is 19.4. The summed E-state index contributed by atoms with van der Waals surface area (Å²) in [6.07, 6.45) is 1.54. The number of thioether (sulfide) groups is 1. The van der Waals surface area contributed by atoms with Gasteiger partial charge in [-0.25, -0.2) is 4.79 Å². The summed E-state index contributed by atoms with van der Waals surface area (Å²) in [6, 6.07) is 1.92. The molecule has 0 aromatic heterocycles. The second kappa shape index (κ2) is 8.91. The molecule has 3 aliphatic heterocycles. The van der Waals surface area contributed by atoms with Crippen LogP contribution in [0.5, 0.6) is 0 Å². The molecule has 148 valence electrons. The van der Waals surface area contributed by atoms with Crippen LogP contribution in [0.3, 0.4) is 0 Å². The third-order valence-corrected chi connectivity index (χ3v) is 6.50. The Balaban J connectivity index is 1.55. The van der Waals surface area contributed by atoms with E-state index in [1.807, 2.05) is 0 Å². The van der Waals surface area contributed by atoms with Gasteiger partial charge in [0.15, 0.2) is 0 Å². The molecule has 0 radical (unpaired) electrons.